The molecule has 13 heavy (non-hydrogen) atoms. The molecule has 1 fully saturated rings. The van der Waals surface area contributed by atoms with E-state index in [2.05, 4.69) is 4.74 Å². The van der Waals surface area contributed by atoms with Crippen molar-refractivity contribution in [2.24, 2.45) is 5.92 Å². The number of ether oxygens (including phenoxy) is 1. The highest BCUT2D eigenvalue weighted by Gasteiger charge is 2.48. The molecule has 1 saturated heterocycles. The average Bonchev–Trinajstić information content (AvgIpc) is 2.31. The molecule has 0 aromatic heterocycles. The molecule has 76 valence electrons. The minimum absolute atomic E-state index is 0.0118. The Morgan fingerprint density at radius 3 is 2.62 bits per heavy atom. The van der Waals surface area contributed by atoms with Gasteiger partial charge in [-0.1, -0.05) is 0 Å². The first-order valence-corrected chi connectivity index (χ1v) is 3.81. The third-order valence-corrected chi connectivity index (χ3v) is 1.97. The van der Waals surface area contributed by atoms with Crippen LogP contribution in [-0.4, -0.2) is 30.0 Å². The molecule has 0 bridgehead atoms. The van der Waals surface area contributed by atoms with E-state index in [0.717, 1.165) is 0 Å². The largest absolute Gasteiger partial charge is 0.481 e. The molecule has 3 nitrogen and oxygen atoms in total. The van der Waals surface area contributed by atoms with E-state index in [0.29, 0.717) is 0 Å². The second kappa shape index (κ2) is 3.53. The number of hydrogen-bond acceptors (Lipinski definition) is 2. The molecular formula is C7H9F3O3. The Bertz CT molecular complexity index is 202. The van der Waals surface area contributed by atoms with Crippen molar-refractivity contribution in [3.8, 4) is 0 Å². The molecule has 2 atom stereocenters. The number of carboxylic acid groups (broad SMARTS) is 1. The second-order valence-electron chi connectivity index (χ2n) is 2.98. The molecule has 0 amide bonds. The van der Waals surface area contributed by atoms with Gasteiger partial charge in [-0.3, -0.25) is 4.79 Å². The zero-order valence-electron chi connectivity index (χ0n) is 6.67. The Kier molecular flexibility index (Phi) is 2.80. The number of carbonyl (C=O) groups is 1. The van der Waals surface area contributed by atoms with Crippen LogP contribution in [0.3, 0.4) is 0 Å². The molecule has 0 spiro atoms. The molecule has 1 heterocycles. The standard InChI is InChI=1S/C7H9F3O3/c8-7(9,10)6-4(1-2-13-6)3-5(11)12/h4,6H,1-3H2,(H,11,12)/t4-,6+/m1/s1. The highest BCUT2D eigenvalue weighted by molar-refractivity contribution is 5.67. The summed E-state index contributed by atoms with van der Waals surface area (Å²) in [5.41, 5.74) is 0. The SMILES string of the molecule is O=C(O)C[C@H]1CCO[C@@H]1C(F)(F)F. The first-order valence-electron chi connectivity index (χ1n) is 3.81. The topological polar surface area (TPSA) is 46.5 Å². The molecule has 0 unspecified atom stereocenters. The normalized spacial score (nSPS) is 29.2. The van der Waals surface area contributed by atoms with Crippen molar-refractivity contribution >= 4 is 5.97 Å². The van der Waals surface area contributed by atoms with Crippen LogP contribution in [0, 0.1) is 5.92 Å². The summed E-state index contributed by atoms with van der Waals surface area (Å²) in [5.74, 6) is -2.15. The fourth-order valence-corrected chi connectivity index (χ4v) is 1.43. The molecular weight excluding hydrogens is 189 g/mol. The summed E-state index contributed by atoms with van der Waals surface area (Å²) in [6.45, 7) is -0.0118. The maximum absolute atomic E-state index is 12.1. The number of hydrogen-bond donors (Lipinski definition) is 1. The molecule has 0 radical (unpaired) electrons. The number of carboxylic acids is 1. The fourth-order valence-electron chi connectivity index (χ4n) is 1.43. The van der Waals surface area contributed by atoms with Gasteiger partial charge in [0.25, 0.3) is 0 Å². The highest BCUT2D eigenvalue weighted by atomic mass is 19.4. The van der Waals surface area contributed by atoms with Crippen LogP contribution >= 0.6 is 0 Å². The Morgan fingerprint density at radius 1 is 1.54 bits per heavy atom. The van der Waals surface area contributed by atoms with E-state index in [9.17, 15) is 18.0 Å². The van der Waals surface area contributed by atoms with E-state index in [-0.39, 0.29) is 13.0 Å². The maximum Gasteiger partial charge on any atom is 0.414 e. The molecule has 1 aliphatic heterocycles. The molecule has 0 aromatic rings. The van der Waals surface area contributed by atoms with Gasteiger partial charge in [0, 0.05) is 12.5 Å². The van der Waals surface area contributed by atoms with Crippen LogP contribution in [-0.2, 0) is 9.53 Å². The monoisotopic (exact) mass is 198 g/mol. The third-order valence-electron chi connectivity index (χ3n) is 1.97. The van der Waals surface area contributed by atoms with Crippen LogP contribution < -0.4 is 0 Å². The van der Waals surface area contributed by atoms with Crippen molar-refractivity contribution in [3.05, 3.63) is 0 Å². The molecule has 0 aromatic carbocycles. The lowest BCUT2D eigenvalue weighted by Gasteiger charge is -2.19. The molecule has 1 aliphatic rings. The van der Waals surface area contributed by atoms with Gasteiger partial charge in [-0.15, -0.1) is 0 Å². The summed E-state index contributed by atoms with van der Waals surface area (Å²) in [4.78, 5) is 10.2. The van der Waals surface area contributed by atoms with Crippen LogP contribution in [0.5, 0.6) is 0 Å². The summed E-state index contributed by atoms with van der Waals surface area (Å²) < 4.78 is 40.9. The Balaban J connectivity index is 2.59. The lowest BCUT2D eigenvalue weighted by Crippen LogP contribution is -2.34. The van der Waals surface area contributed by atoms with E-state index in [4.69, 9.17) is 5.11 Å². The van der Waals surface area contributed by atoms with Crippen LogP contribution in [0.4, 0.5) is 13.2 Å². The van der Waals surface area contributed by atoms with Gasteiger partial charge in [-0.05, 0) is 6.42 Å². The zero-order valence-corrected chi connectivity index (χ0v) is 6.67. The second-order valence-corrected chi connectivity index (χ2v) is 2.98. The minimum atomic E-state index is -4.45. The van der Waals surface area contributed by atoms with Gasteiger partial charge in [0.1, 0.15) is 0 Å². The summed E-state index contributed by atoms with van der Waals surface area (Å²) in [5, 5.41) is 8.33. The Labute approximate surface area is 72.5 Å². The van der Waals surface area contributed by atoms with Gasteiger partial charge >= 0.3 is 12.1 Å². The van der Waals surface area contributed by atoms with Crippen molar-refractivity contribution in [2.75, 3.05) is 6.61 Å². The summed E-state index contributed by atoms with van der Waals surface area (Å²) in [7, 11) is 0. The smallest absolute Gasteiger partial charge is 0.414 e. The third kappa shape index (κ3) is 2.58. The van der Waals surface area contributed by atoms with E-state index < -0.39 is 30.6 Å². The zero-order chi connectivity index (χ0) is 10.1. The summed E-state index contributed by atoms with van der Waals surface area (Å²) >= 11 is 0. The lowest BCUT2D eigenvalue weighted by molar-refractivity contribution is -0.217. The Morgan fingerprint density at radius 2 is 2.15 bits per heavy atom. The van der Waals surface area contributed by atoms with Gasteiger partial charge < -0.3 is 9.84 Å². The average molecular weight is 198 g/mol. The van der Waals surface area contributed by atoms with Gasteiger partial charge in [0.2, 0.25) is 0 Å². The predicted molar refractivity (Wildman–Crippen MR) is 36.2 cm³/mol. The van der Waals surface area contributed by atoms with Gasteiger partial charge in [0.05, 0.1) is 6.42 Å². The summed E-state index contributed by atoms with van der Waals surface area (Å²) in [6.07, 6.45) is -6.67. The van der Waals surface area contributed by atoms with Crippen molar-refractivity contribution < 1.29 is 27.8 Å². The first kappa shape index (κ1) is 10.3. The van der Waals surface area contributed by atoms with Crippen molar-refractivity contribution in [2.45, 2.75) is 25.1 Å². The molecule has 1 rings (SSSR count). The quantitative estimate of drug-likeness (QED) is 0.730. The lowest BCUT2D eigenvalue weighted by atomic mass is 9.97. The van der Waals surface area contributed by atoms with Gasteiger partial charge in [0.15, 0.2) is 6.10 Å². The van der Waals surface area contributed by atoms with Crippen molar-refractivity contribution in [1.29, 1.82) is 0 Å². The van der Waals surface area contributed by atoms with Gasteiger partial charge in [-0.2, -0.15) is 13.2 Å². The van der Waals surface area contributed by atoms with Crippen molar-refractivity contribution in [1.82, 2.24) is 0 Å². The fraction of sp³-hybridized carbons (Fsp3) is 0.857. The van der Waals surface area contributed by atoms with Crippen LogP contribution in [0.1, 0.15) is 12.8 Å². The maximum atomic E-state index is 12.1. The highest BCUT2D eigenvalue weighted by Crippen LogP contribution is 2.36. The number of rotatable bonds is 2. The van der Waals surface area contributed by atoms with Crippen LogP contribution in [0.15, 0.2) is 0 Å². The molecule has 1 N–H and O–H groups in total. The van der Waals surface area contributed by atoms with E-state index in [1.54, 1.807) is 0 Å². The molecule has 0 saturated carbocycles. The predicted octanol–water partition coefficient (Wildman–Crippen LogP) is 1.43. The van der Waals surface area contributed by atoms with E-state index in [1.165, 1.54) is 0 Å². The molecule has 0 aliphatic carbocycles. The number of alkyl halides is 3. The number of halogens is 3. The van der Waals surface area contributed by atoms with E-state index in [1.807, 2.05) is 0 Å². The van der Waals surface area contributed by atoms with Crippen molar-refractivity contribution in [3.63, 3.8) is 0 Å². The number of aliphatic carboxylic acids is 1. The van der Waals surface area contributed by atoms with E-state index >= 15 is 0 Å². The first-order chi connectivity index (χ1) is 5.91. The minimum Gasteiger partial charge on any atom is -0.481 e. The van der Waals surface area contributed by atoms with Crippen LogP contribution in [0.2, 0.25) is 0 Å². The molecule has 6 heteroatoms. The Hall–Kier alpha value is -0.780. The summed E-state index contributed by atoms with van der Waals surface area (Å²) in [6, 6.07) is 0. The van der Waals surface area contributed by atoms with Gasteiger partial charge in [-0.25, -0.2) is 0 Å². The van der Waals surface area contributed by atoms with Crippen LogP contribution in [0.25, 0.3) is 0 Å².